The van der Waals surface area contributed by atoms with Crippen molar-refractivity contribution in [3.8, 4) is 22.6 Å². The Balaban J connectivity index is 0.939. The molecule has 2 saturated heterocycles. The van der Waals surface area contributed by atoms with Gasteiger partial charge in [-0.1, -0.05) is 24.3 Å². The van der Waals surface area contributed by atoms with E-state index in [-0.39, 0.29) is 17.6 Å². The minimum Gasteiger partial charge on any atom is -0.342 e. The van der Waals surface area contributed by atoms with Gasteiger partial charge in [0.05, 0.1) is 17.8 Å². The molecule has 0 radical (unpaired) electrons. The van der Waals surface area contributed by atoms with E-state index in [0.29, 0.717) is 43.4 Å². The van der Waals surface area contributed by atoms with Gasteiger partial charge in [-0.2, -0.15) is 5.10 Å². The second kappa shape index (κ2) is 13.2. The van der Waals surface area contributed by atoms with Crippen molar-refractivity contribution in [2.24, 2.45) is 0 Å². The lowest BCUT2D eigenvalue weighted by Crippen LogP contribution is -2.46. The number of benzene rings is 3. The van der Waals surface area contributed by atoms with Gasteiger partial charge in [-0.3, -0.25) is 19.6 Å². The zero-order valence-corrected chi connectivity index (χ0v) is 27.0. The van der Waals surface area contributed by atoms with Gasteiger partial charge in [0, 0.05) is 60.8 Å². The lowest BCUT2D eigenvalue weighted by atomic mass is 9.89. The Morgan fingerprint density at radius 1 is 0.979 bits per heavy atom. The Hall–Kier alpha value is -4.61. The molecule has 9 nitrogen and oxygen atoms in total. The molecule has 4 heterocycles. The van der Waals surface area contributed by atoms with Crippen molar-refractivity contribution < 1.29 is 14.0 Å². The van der Waals surface area contributed by atoms with Crippen molar-refractivity contribution >= 4 is 40.2 Å². The average Bonchev–Trinajstić information content (AvgIpc) is 3.74. The first kappa shape index (κ1) is 31.0. The summed E-state index contributed by atoms with van der Waals surface area (Å²) in [6.45, 7) is 2.96. The Morgan fingerprint density at radius 2 is 1.70 bits per heavy atom. The van der Waals surface area contributed by atoms with Crippen LogP contribution in [0.3, 0.4) is 0 Å². The molecular formula is C36H36FN7O2S. The van der Waals surface area contributed by atoms with E-state index in [1.807, 2.05) is 35.4 Å². The fourth-order valence-corrected chi connectivity index (χ4v) is 7.55. The number of likely N-dealkylation sites (tertiary alicyclic amines) is 2. The molecule has 0 bridgehead atoms. The first-order valence-electron chi connectivity index (χ1n) is 15.9. The highest BCUT2D eigenvalue weighted by Crippen LogP contribution is 2.36. The number of thioether (sulfide) groups is 1. The summed E-state index contributed by atoms with van der Waals surface area (Å²) in [5.41, 5.74) is 5.26. The Morgan fingerprint density at radius 3 is 2.43 bits per heavy atom. The first-order chi connectivity index (χ1) is 22.9. The molecule has 7 rings (SSSR count). The van der Waals surface area contributed by atoms with Gasteiger partial charge in [0.25, 0.3) is 0 Å². The van der Waals surface area contributed by atoms with Gasteiger partial charge in [0.2, 0.25) is 11.8 Å². The number of fused-ring (bicyclic) bond motifs is 1. The maximum atomic E-state index is 13.7. The molecule has 2 aliphatic rings. The molecule has 2 aromatic heterocycles. The monoisotopic (exact) mass is 649 g/mol. The molecule has 1 atom stereocenters. The number of amides is 2. The SMILES string of the molecule is CS[C@@]1(C(=O)Nc2ccc3[nH]nc(-c4ccc(F)cc4)c3c2)CCN(CC(=O)N2CCC(c3ccc(-c4ncccn4)cc3)CC2)C1. The second-order valence-electron chi connectivity index (χ2n) is 12.3. The highest BCUT2D eigenvalue weighted by molar-refractivity contribution is 8.00. The third kappa shape index (κ3) is 6.50. The van der Waals surface area contributed by atoms with E-state index in [1.54, 1.807) is 24.5 Å². The molecule has 0 spiro atoms. The Bertz CT molecular complexity index is 1880. The van der Waals surface area contributed by atoms with E-state index in [9.17, 15) is 14.0 Å². The van der Waals surface area contributed by atoms with Crippen LogP contribution in [-0.2, 0) is 9.59 Å². The number of carbonyl (C=O) groups is 2. The van der Waals surface area contributed by atoms with Crippen LogP contribution in [0.1, 0.15) is 30.7 Å². The Labute approximate surface area is 277 Å². The van der Waals surface area contributed by atoms with Crippen LogP contribution in [0.2, 0.25) is 0 Å². The van der Waals surface area contributed by atoms with Crippen LogP contribution in [0.15, 0.2) is 85.2 Å². The smallest absolute Gasteiger partial charge is 0.241 e. The number of nitrogens with zero attached hydrogens (tertiary/aromatic N) is 5. The van der Waals surface area contributed by atoms with Crippen molar-refractivity contribution in [3.05, 3.63) is 96.6 Å². The van der Waals surface area contributed by atoms with Crippen LogP contribution >= 0.6 is 11.8 Å². The second-order valence-corrected chi connectivity index (χ2v) is 13.5. The number of rotatable bonds is 8. The van der Waals surface area contributed by atoms with Crippen molar-refractivity contribution in [1.82, 2.24) is 30.0 Å². The number of nitrogens with one attached hydrogen (secondary N) is 2. The molecular weight excluding hydrogens is 614 g/mol. The van der Waals surface area contributed by atoms with E-state index in [0.717, 1.165) is 53.8 Å². The van der Waals surface area contributed by atoms with Gasteiger partial charge >= 0.3 is 0 Å². The summed E-state index contributed by atoms with van der Waals surface area (Å²) in [5.74, 6) is 0.876. The molecule has 2 amide bonds. The predicted octanol–water partition coefficient (Wildman–Crippen LogP) is 5.98. The zero-order valence-electron chi connectivity index (χ0n) is 26.2. The fourth-order valence-electron chi connectivity index (χ4n) is 6.71. The minimum absolute atomic E-state index is 0.0724. The van der Waals surface area contributed by atoms with Crippen molar-refractivity contribution in [2.75, 3.05) is 44.3 Å². The summed E-state index contributed by atoms with van der Waals surface area (Å²) in [6.07, 6.45) is 7.96. The van der Waals surface area contributed by atoms with Crippen molar-refractivity contribution in [2.45, 2.75) is 29.9 Å². The molecule has 2 aliphatic heterocycles. The van der Waals surface area contributed by atoms with Gasteiger partial charge in [0.1, 0.15) is 10.6 Å². The predicted molar refractivity (Wildman–Crippen MR) is 183 cm³/mol. The molecule has 5 aromatic rings. The van der Waals surface area contributed by atoms with Crippen LogP contribution in [0, 0.1) is 5.82 Å². The van der Waals surface area contributed by atoms with Crippen LogP contribution < -0.4 is 5.32 Å². The lowest BCUT2D eigenvalue weighted by molar-refractivity contribution is -0.133. The number of aromatic nitrogens is 4. The normalized spacial score (nSPS) is 18.9. The van der Waals surface area contributed by atoms with E-state index in [2.05, 4.69) is 54.6 Å². The molecule has 240 valence electrons. The summed E-state index contributed by atoms with van der Waals surface area (Å²) in [4.78, 5) is 39.8. The van der Waals surface area contributed by atoms with E-state index in [4.69, 9.17) is 0 Å². The van der Waals surface area contributed by atoms with E-state index < -0.39 is 4.75 Å². The number of aromatic amines is 1. The van der Waals surface area contributed by atoms with Crippen LogP contribution in [0.5, 0.6) is 0 Å². The molecule has 0 aliphatic carbocycles. The number of hydrogen-bond acceptors (Lipinski definition) is 7. The van der Waals surface area contributed by atoms with Gasteiger partial charge in [-0.25, -0.2) is 14.4 Å². The highest BCUT2D eigenvalue weighted by atomic mass is 32.2. The number of halogens is 1. The van der Waals surface area contributed by atoms with Crippen LogP contribution in [-0.4, -0.2) is 85.5 Å². The molecule has 2 N–H and O–H groups in total. The number of H-pyrrole nitrogens is 1. The third-order valence-electron chi connectivity index (χ3n) is 9.47. The number of hydrogen-bond donors (Lipinski definition) is 2. The summed E-state index contributed by atoms with van der Waals surface area (Å²) in [7, 11) is 0. The maximum Gasteiger partial charge on any atom is 0.241 e. The number of carbonyl (C=O) groups excluding carboxylic acids is 2. The van der Waals surface area contributed by atoms with Gasteiger partial charge < -0.3 is 10.2 Å². The molecule has 0 saturated carbocycles. The Kier molecular flexibility index (Phi) is 8.74. The zero-order chi connectivity index (χ0) is 32.4. The van der Waals surface area contributed by atoms with Gasteiger partial charge in [-0.15, -0.1) is 11.8 Å². The molecule has 2 fully saturated rings. The summed E-state index contributed by atoms with van der Waals surface area (Å²) in [6, 6.07) is 22.1. The van der Waals surface area contributed by atoms with E-state index >= 15 is 0 Å². The van der Waals surface area contributed by atoms with Gasteiger partial charge in [0.15, 0.2) is 5.82 Å². The van der Waals surface area contributed by atoms with Crippen LogP contribution in [0.25, 0.3) is 33.5 Å². The molecule has 47 heavy (non-hydrogen) atoms. The lowest BCUT2D eigenvalue weighted by Gasteiger charge is -2.33. The summed E-state index contributed by atoms with van der Waals surface area (Å²) in [5, 5.41) is 11.4. The van der Waals surface area contributed by atoms with Crippen LogP contribution in [0.4, 0.5) is 10.1 Å². The first-order valence-corrected chi connectivity index (χ1v) is 17.1. The molecule has 3 aromatic carbocycles. The quantitative estimate of drug-likeness (QED) is 0.213. The summed E-state index contributed by atoms with van der Waals surface area (Å²) < 4.78 is 12.8. The summed E-state index contributed by atoms with van der Waals surface area (Å²) >= 11 is 1.54. The topological polar surface area (TPSA) is 107 Å². The largest absolute Gasteiger partial charge is 0.342 e. The minimum atomic E-state index is -0.657. The van der Waals surface area contributed by atoms with Crippen molar-refractivity contribution in [3.63, 3.8) is 0 Å². The molecule has 0 unspecified atom stereocenters. The number of anilines is 1. The molecule has 11 heteroatoms. The van der Waals surface area contributed by atoms with Gasteiger partial charge in [-0.05, 0) is 85.5 Å². The van der Waals surface area contributed by atoms with Crippen molar-refractivity contribution in [1.29, 1.82) is 0 Å². The maximum absolute atomic E-state index is 13.7. The van der Waals surface area contributed by atoms with E-state index in [1.165, 1.54) is 29.5 Å². The third-order valence-corrected chi connectivity index (χ3v) is 10.8. The average molecular weight is 650 g/mol. The fraction of sp³-hybridized carbons (Fsp3) is 0.306. The number of piperidine rings is 1. The highest BCUT2D eigenvalue weighted by Gasteiger charge is 2.45. The standard InChI is InChI=1S/C36H36FN7O2S/c1-47-36(35(46)40-29-11-12-31-30(21-29)33(42-41-31)26-7-9-28(37)10-8-26)15-20-43(23-36)22-32(45)44-18-13-25(14-19-44)24-3-5-27(6-4-24)34-38-16-2-17-39-34/h2-12,16-17,21,25H,13-15,18-20,22-23H2,1H3,(H,40,46)(H,41,42)/t36-/m0/s1.